The smallest absolute Gasteiger partial charge is 0.258 e. The fourth-order valence-electron chi connectivity index (χ4n) is 1.37. The first-order valence-corrected chi connectivity index (χ1v) is 5.93. The molecule has 0 radical (unpaired) electrons. The van der Waals surface area contributed by atoms with Gasteiger partial charge in [0.05, 0.1) is 17.4 Å². The normalized spacial score (nSPS) is 9.50. The van der Waals surface area contributed by atoms with Crippen LogP contribution in [-0.2, 0) is 0 Å². The summed E-state index contributed by atoms with van der Waals surface area (Å²) in [5.41, 5.74) is 0.881. The van der Waals surface area contributed by atoms with Crippen LogP contribution in [0, 0.1) is 11.8 Å². The van der Waals surface area contributed by atoms with Crippen molar-refractivity contribution in [2.24, 2.45) is 0 Å². The van der Waals surface area contributed by atoms with Crippen molar-refractivity contribution in [1.82, 2.24) is 15.2 Å². The molecule has 1 aromatic heterocycles. The third-order valence-electron chi connectivity index (χ3n) is 2.24. The topological polar surface area (TPSA) is 88.0 Å². The second kappa shape index (κ2) is 6.61. The lowest BCUT2D eigenvalue weighted by Gasteiger charge is -2.04. The van der Waals surface area contributed by atoms with Crippen LogP contribution < -0.4 is 5.32 Å². The van der Waals surface area contributed by atoms with Gasteiger partial charge in [-0.05, 0) is 18.2 Å². The van der Waals surface area contributed by atoms with Crippen LogP contribution in [0.4, 0.5) is 5.95 Å². The average Bonchev–Trinajstić information content (AvgIpc) is 2.47. The van der Waals surface area contributed by atoms with Crippen LogP contribution in [0.1, 0.15) is 15.9 Å². The quantitative estimate of drug-likeness (QED) is 0.809. The number of nitrogens with one attached hydrogen (secondary N) is 1. The van der Waals surface area contributed by atoms with E-state index in [0.717, 1.165) is 0 Å². The minimum absolute atomic E-state index is 0.109. The van der Waals surface area contributed by atoms with E-state index in [2.05, 4.69) is 32.3 Å². The highest BCUT2D eigenvalue weighted by Gasteiger charge is 2.09. The summed E-state index contributed by atoms with van der Waals surface area (Å²) in [6.07, 6.45) is 2.82. The molecule has 0 aliphatic rings. The Bertz CT molecular complexity index is 680. The number of hydrogen-bond donors (Lipinski definition) is 2. The Morgan fingerprint density at radius 2 is 2.25 bits per heavy atom. The van der Waals surface area contributed by atoms with Crippen LogP contribution in [0.25, 0.3) is 0 Å². The Kier molecular flexibility index (Phi) is 4.60. The van der Waals surface area contributed by atoms with Crippen LogP contribution in [-0.4, -0.2) is 32.8 Å². The molecule has 0 saturated carbocycles. The Balaban J connectivity index is 2.17. The van der Waals surface area contributed by atoms with E-state index in [9.17, 15) is 4.79 Å². The average molecular weight is 289 g/mol. The fraction of sp³-hybridized carbons (Fsp3) is 0.0769. The number of carbonyl (C=O) groups excluding carboxylic acids is 1. The second-order valence-corrected chi connectivity index (χ2v) is 3.98. The minimum Gasteiger partial charge on any atom is -0.384 e. The lowest BCUT2D eigenvalue weighted by Crippen LogP contribution is -2.14. The molecule has 100 valence electrons. The molecule has 0 aliphatic heterocycles. The molecular formula is C13H9ClN4O2. The lowest BCUT2D eigenvalue weighted by atomic mass is 10.1. The summed E-state index contributed by atoms with van der Waals surface area (Å²) in [4.78, 5) is 15.8. The predicted octanol–water partition coefficient (Wildman–Crippen LogP) is 1.12. The Labute approximate surface area is 119 Å². The fourth-order valence-corrected chi connectivity index (χ4v) is 1.60. The number of anilines is 1. The van der Waals surface area contributed by atoms with Gasteiger partial charge in [0.1, 0.15) is 6.61 Å². The maximum atomic E-state index is 11.9. The van der Waals surface area contributed by atoms with Gasteiger partial charge in [-0.25, -0.2) is 4.98 Å². The van der Waals surface area contributed by atoms with Crippen LogP contribution in [0.3, 0.4) is 0 Å². The van der Waals surface area contributed by atoms with Crippen molar-refractivity contribution in [1.29, 1.82) is 0 Å². The summed E-state index contributed by atoms with van der Waals surface area (Å²) in [6, 6.07) is 4.65. The Morgan fingerprint density at radius 1 is 1.40 bits per heavy atom. The van der Waals surface area contributed by atoms with Gasteiger partial charge >= 0.3 is 0 Å². The number of aromatic nitrogens is 3. The SMILES string of the molecule is O=C(Nc1nccnn1)c1ccc(C#CCO)c(Cl)c1. The number of hydrogen-bond acceptors (Lipinski definition) is 5. The molecule has 0 fully saturated rings. The molecule has 0 atom stereocenters. The van der Waals surface area contributed by atoms with E-state index in [4.69, 9.17) is 16.7 Å². The van der Waals surface area contributed by atoms with Gasteiger partial charge in [0, 0.05) is 11.1 Å². The number of aliphatic hydroxyl groups is 1. The number of rotatable bonds is 2. The molecule has 0 aliphatic carbocycles. The third kappa shape index (κ3) is 3.51. The summed E-state index contributed by atoms with van der Waals surface area (Å²) in [5, 5.41) is 18.7. The minimum atomic E-state index is -0.401. The molecule has 1 amide bonds. The van der Waals surface area contributed by atoms with E-state index in [1.54, 1.807) is 12.1 Å². The van der Waals surface area contributed by atoms with Gasteiger partial charge in [0.2, 0.25) is 5.95 Å². The van der Waals surface area contributed by atoms with Crippen LogP contribution >= 0.6 is 11.6 Å². The second-order valence-electron chi connectivity index (χ2n) is 3.57. The lowest BCUT2D eigenvalue weighted by molar-refractivity contribution is 0.102. The van der Waals surface area contributed by atoms with Gasteiger partial charge in [-0.3, -0.25) is 10.1 Å². The van der Waals surface area contributed by atoms with Crippen molar-refractivity contribution >= 4 is 23.5 Å². The highest BCUT2D eigenvalue weighted by atomic mass is 35.5. The zero-order valence-corrected chi connectivity index (χ0v) is 10.9. The van der Waals surface area contributed by atoms with E-state index < -0.39 is 5.91 Å². The summed E-state index contributed by atoms with van der Waals surface area (Å²) in [5.74, 6) is 4.87. The molecule has 2 rings (SSSR count). The first-order valence-electron chi connectivity index (χ1n) is 5.55. The third-order valence-corrected chi connectivity index (χ3v) is 2.55. The predicted molar refractivity (Wildman–Crippen MR) is 73.2 cm³/mol. The largest absolute Gasteiger partial charge is 0.384 e. The molecule has 2 N–H and O–H groups in total. The number of benzene rings is 1. The number of amides is 1. The molecule has 1 heterocycles. The van der Waals surface area contributed by atoms with E-state index in [-0.39, 0.29) is 12.6 Å². The molecule has 7 heteroatoms. The molecule has 0 unspecified atom stereocenters. The Morgan fingerprint density at radius 3 is 2.90 bits per heavy atom. The highest BCUT2D eigenvalue weighted by molar-refractivity contribution is 6.32. The maximum absolute atomic E-state index is 11.9. The van der Waals surface area contributed by atoms with Crippen molar-refractivity contribution in [3.63, 3.8) is 0 Å². The monoisotopic (exact) mass is 288 g/mol. The van der Waals surface area contributed by atoms with Crippen molar-refractivity contribution in [3.05, 3.63) is 46.7 Å². The van der Waals surface area contributed by atoms with Gasteiger partial charge in [0.25, 0.3) is 5.91 Å². The molecule has 2 aromatic rings. The zero-order valence-electron chi connectivity index (χ0n) is 10.2. The first-order chi connectivity index (χ1) is 9.70. The Hall–Kier alpha value is -2.49. The van der Waals surface area contributed by atoms with Gasteiger partial charge in [0.15, 0.2) is 0 Å². The van der Waals surface area contributed by atoms with E-state index >= 15 is 0 Å². The summed E-state index contributed by atoms with van der Waals surface area (Å²) < 4.78 is 0. The number of nitrogens with zero attached hydrogens (tertiary/aromatic N) is 3. The van der Waals surface area contributed by atoms with Crippen molar-refractivity contribution in [2.45, 2.75) is 0 Å². The number of aliphatic hydroxyl groups excluding tert-OH is 1. The van der Waals surface area contributed by atoms with Crippen LogP contribution in [0.2, 0.25) is 5.02 Å². The van der Waals surface area contributed by atoms with Crippen molar-refractivity contribution in [3.8, 4) is 11.8 Å². The summed E-state index contributed by atoms with van der Waals surface area (Å²) in [6.45, 7) is -0.253. The van der Waals surface area contributed by atoms with Gasteiger partial charge in [-0.15, -0.1) is 5.10 Å². The summed E-state index contributed by atoms with van der Waals surface area (Å²) >= 11 is 6.00. The highest BCUT2D eigenvalue weighted by Crippen LogP contribution is 2.17. The van der Waals surface area contributed by atoms with Crippen LogP contribution in [0.5, 0.6) is 0 Å². The molecule has 1 aromatic carbocycles. The molecule has 0 spiro atoms. The van der Waals surface area contributed by atoms with Gasteiger partial charge in [-0.2, -0.15) is 5.10 Å². The van der Waals surface area contributed by atoms with Gasteiger partial charge in [-0.1, -0.05) is 23.4 Å². The number of carbonyl (C=O) groups is 1. The maximum Gasteiger partial charge on any atom is 0.258 e. The molecule has 6 nitrogen and oxygen atoms in total. The van der Waals surface area contributed by atoms with E-state index in [1.165, 1.54) is 18.5 Å². The molecule has 0 saturated heterocycles. The van der Waals surface area contributed by atoms with Crippen LogP contribution in [0.15, 0.2) is 30.6 Å². The van der Waals surface area contributed by atoms with Crippen molar-refractivity contribution in [2.75, 3.05) is 11.9 Å². The molecular weight excluding hydrogens is 280 g/mol. The standard InChI is InChI=1S/C13H9ClN4O2/c14-11-8-10(4-3-9(11)2-1-7-19)12(20)17-13-15-5-6-16-18-13/h3-6,8,19H,7H2,(H,15,17,18,20). The molecule has 20 heavy (non-hydrogen) atoms. The van der Waals surface area contributed by atoms with Gasteiger partial charge < -0.3 is 5.11 Å². The number of halogens is 1. The van der Waals surface area contributed by atoms with Crippen molar-refractivity contribution < 1.29 is 9.90 Å². The van der Waals surface area contributed by atoms with E-state index in [0.29, 0.717) is 16.1 Å². The van der Waals surface area contributed by atoms with E-state index in [1.807, 2.05) is 0 Å². The molecule has 0 bridgehead atoms. The zero-order chi connectivity index (χ0) is 14.4. The first kappa shape index (κ1) is 13.9. The summed E-state index contributed by atoms with van der Waals surface area (Å²) in [7, 11) is 0.